The molecule has 1 aromatic heterocycles. The Bertz CT molecular complexity index is 630. The first kappa shape index (κ1) is 14.2. The Morgan fingerprint density at radius 1 is 1.30 bits per heavy atom. The summed E-state index contributed by atoms with van der Waals surface area (Å²) >= 11 is 0. The van der Waals surface area contributed by atoms with Crippen LogP contribution in [-0.2, 0) is 0 Å². The lowest BCUT2D eigenvalue weighted by Gasteiger charge is -2.21. The molecule has 0 aliphatic carbocycles. The fourth-order valence-corrected chi connectivity index (χ4v) is 1.93. The van der Waals surface area contributed by atoms with E-state index in [1.54, 1.807) is 0 Å². The molecule has 0 saturated heterocycles. The molecule has 0 radical (unpaired) electrons. The van der Waals surface area contributed by atoms with E-state index in [1.165, 1.54) is 0 Å². The Morgan fingerprint density at radius 3 is 2.75 bits per heavy atom. The summed E-state index contributed by atoms with van der Waals surface area (Å²) in [6.45, 7) is 5.98. The van der Waals surface area contributed by atoms with Gasteiger partial charge in [-0.15, -0.1) is 10.2 Å². The summed E-state index contributed by atoms with van der Waals surface area (Å²) in [6.07, 6.45) is 0. The maximum atomic E-state index is 9.17. The van der Waals surface area contributed by atoms with Crippen molar-refractivity contribution in [3.05, 3.63) is 30.0 Å². The molecule has 104 valence electrons. The maximum Gasteiger partial charge on any atom is 0.186 e. The fraction of sp³-hybridized carbons (Fsp3) is 0.400. The smallest absolute Gasteiger partial charge is 0.186 e. The van der Waals surface area contributed by atoms with Gasteiger partial charge in [0.25, 0.3) is 0 Å². The van der Waals surface area contributed by atoms with Gasteiger partial charge in [-0.05, 0) is 27.0 Å². The molecule has 2 aromatic rings. The molecule has 0 spiro atoms. The van der Waals surface area contributed by atoms with Crippen LogP contribution in [-0.4, -0.2) is 41.3 Å². The van der Waals surface area contributed by atoms with Crippen molar-refractivity contribution < 1.29 is 0 Å². The van der Waals surface area contributed by atoms with Crippen LogP contribution in [0, 0.1) is 11.3 Å². The zero-order valence-electron chi connectivity index (χ0n) is 12.1. The number of hydrogen-bond acceptors (Lipinski definition) is 5. The number of benzene rings is 1. The van der Waals surface area contributed by atoms with Gasteiger partial charge in [0.2, 0.25) is 0 Å². The molecule has 0 atom stereocenters. The van der Waals surface area contributed by atoms with Crippen LogP contribution < -0.4 is 5.32 Å². The van der Waals surface area contributed by atoms with Gasteiger partial charge in [-0.25, -0.2) is 0 Å². The van der Waals surface area contributed by atoms with Crippen molar-refractivity contribution in [2.75, 3.05) is 25.5 Å². The highest BCUT2D eigenvalue weighted by molar-refractivity contribution is 5.92. The molecule has 0 fully saturated rings. The third-order valence-corrected chi connectivity index (χ3v) is 3.42. The molecule has 1 heterocycles. The first-order chi connectivity index (χ1) is 9.63. The van der Waals surface area contributed by atoms with E-state index in [2.05, 4.69) is 47.4 Å². The van der Waals surface area contributed by atoms with Crippen LogP contribution in [0.3, 0.4) is 0 Å². The van der Waals surface area contributed by atoms with Crippen molar-refractivity contribution in [2.45, 2.75) is 19.9 Å². The lowest BCUT2D eigenvalue weighted by Crippen LogP contribution is -2.31. The first-order valence-electron chi connectivity index (χ1n) is 6.73. The van der Waals surface area contributed by atoms with Gasteiger partial charge in [-0.3, -0.25) is 0 Å². The Balaban J connectivity index is 2.22. The Hall–Kier alpha value is -2.19. The molecule has 20 heavy (non-hydrogen) atoms. The standard InChI is InChI=1S/C15H19N5/c1-11(2)20(3)9-8-17-15-12-6-4-5-7-13(12)18-19-14(15)10-16/h4-7,11H,8-9H2,1-3H3,(H,17,18). The largest absolute Gasteiger partial charge is 0.381 e. The Kier molecular flexibility index (Phi) is 4.49. The molecule has 2 rings (SSSR count). The van der Waals surface area contributed by atoms with E-state index < -0.39 is 0 Å². The molecule has 1 N–H and O–H groups in total. The van der Waals surface area contributed by atoms with Crippen molar-refractivity contribution in [2.24, 2.45) is 0 Å². The van der Waals surface area contributed by atoms with E-state index in [1.807, 2.05) is 24.3 Å². The number of nitriles is 1. The monoisotopic (exact) mass is 269 g/mol. The van der Waals surface area contributed by atoms with Crippen molar-refractivity contribution in [1.29, 1.82) is 5.26 Å². The summed E-state index contributed by atoms with van der Waals surface area (Å²) < 4.78 is 0. The van der Waals surface area contributed by atoms with Gasteiger partial charge in [0, 0.05) is 24.5 Å². The van der Waals surface area contributed by atoms with E-state index in [0.717, 1.165) is 29.7 Å². The summed E-state index contributed by atoms with van der Waals surface area (Å²) in [5.41, 5.74) is 1.91. The maximum absolute atomic E-state index is 9.17. The molecule has 0 amide bonds. The van der Waals surface area contributed by atoms with Crippen LogP contribution in [0.25, 0.3) is 10.9 Å². The molecule has 0 aliphatic rings. The van der Waals surface area contributed by atoms with Gasteiger partial charge in [-0.1, -0.05) is 18.2 Å². The average molecular weight is 269 g/mol. The highest BCUT2D eigenvalue weighted by Crippen LogP contribution is 2.23. The quantitative estimate of drug-likeness (QED) is 0.902. The van der Waals surface area contributed by atoms with E-state index in [4.69, 9.17) is 0 Å². The van der Waals surface area contributed by atoms with Crippen LogP contribution >= 0.6 is 0 Å². The summed E-state index contributed by atoms with van der Waals surface area (Å²) in [4.78, 5) is 2.25. The van der Waals surface area contributed by atoms with E-state index >= 15 is 0 Å². The van der Waals surface area contributed by atoms with E-state index in [9.17, 15) is 5.26 Å². The van der Waals surface area contributed by atoms with Crippen molar-refractivity contribution in [3.63, 3.8) is 0 Å². The van der Waals surface area contributed by atoms with Gasteiger partial charge < -0.3 is 10.2 Å². The van der Waals surface area contributed by atoms with Crippen molar-refractivity contribution >= 4 is 16.6 Å². The molecule has 5 heteroatoms. The second-order valence-corrected chi connectivity index (χ2v) is 5.05. The zero-order chi connectivity index (χ0) is 14.5. The van der Waals surface area contributed by atoms with Gasteiger partial charge in [0.1, 0.15) is 6.07 Å². The second-order valence-electron chi connectivity index (χ2n) is 5.05. The van der Waals surface area contributed by atoms with Crippen molar-refractivity contribution in [3.8, 4) is 6.07 Å². The van der Waals surface area contributed by atoms with Crippen LogP contribution in [0.1, 0.15) is 19.5 Å². The minimum atomic E-state index is 0.343. The molecule has 1 aromatic carbocycles. The summed E-state index contributed by atoms with van der Waals surface area (Å²) in [7, 11) is 2.08. The van der Waals surface area contributed by atoms with Crippen LogP contribution in [0.5, 0.6) is 0 Å². The zero-order valence-corrected chi connectivity index (χ0v) is 12.1. The van der Waals surface area contributed by atoms with Crippen molar-refractivity contribution in [1.82, 2.24) is 15.1 Å². The van der Waals surface area contributed by atoms with Gasteiger partial charge in [0.05, 0.1) is 11.2 Å². The van der Waals surface area contributed by atoms with Gasteiger partial charge in [0.15, 0.2) is 5.69 Å². The lowest BCUT2D eigenvalue weighted by molar-refractivity contribution is 0.284. The molecule has 0 saturated carbocycles. The number of nitrogens with zero attached hydrogens (tertiary/aromatic N) is 4. The number of nitrogens with one attached hydrogen (secondary N) is 1. The van der Waals surface area contributed by atoms with E-state index in [0.29, 0.717) is 11.7 Å². The fourth-order valence-electron chi connectivity index (χ4n) is 1.93. The number of fused-ring (bicyclic) bond motifs is 1. The normalized spacial score (nSPS) is 11.0. The second kappa shape index (κ2) is 6.31. The van der Waals surface area contributed by atoms with Crippen LogP contribution in [0.15, 0.2) is 24.3 Å². The number of likely N-dealkylation sites (N-methyl/N-ethyl adjacent to an activating group) is 1. The van der Waals surface area contributed by atoms with E-state index in [-0.39, 0.29) is 0 Å². The molecular weight excluding hydrogens is 250 g/mol. The highest BCUT2D eigenvalue weighted by Gasteiger charge is 2.10. The van der Waals surface area contributed by atoms with Gasteiger partial charge in [-0.2, -0.15) is 5.26 Å². The summed E-state index contributed by atoms with van der Waals surface area (Å²) in [5, 5.41) is 21.5. The topological polar surface area (TPSA) is 64.8 Å². The number of rotatable bonds is 5. The predicted octanol–water partition coefficient (Wildman–Crippen LogP) is 2.25. The molecule has 0 unspecified atom stereocenters. The molecule has 0 bridgehead atoms. The molecular formula is C15H19N5. The minimum Gasteiger partial charge on any atom is -0.381 e. The van der Waals surface area contributed by atoms with Crippen LogP contribution in [0.2, 0.25) is 0 Å². The number of anilines is 1. The average Bonchev–Trinajstić information content (AvgIpc) is 2.47. The third kappa shape index (κ3) is 3.03. The molecule has 5 nitrogen and oxygen atoms in total. The Morgan fingerprint density at radius 2 is 2.05 bits per heavy atom. The number of aromatic nitrogens is 2. The summed E-state index contributed by atoms with van der Waals surface area (Å²) in [5.74, 6) is 0. The first-order valence-corrected chi connectivity index (χ1v) is 6.73. The SMILES string of the molecule is CC(C)N(C)CCNc1c(C#N)nnc2ccccc12. The van der Waals surface area contributed by atoms with Crippen LogP contribution in [0.4, 0.5) is 5.69 Å². The lowest BCUT2D eigenvalue weighted by atomic mass is 10.1. The predicted molar refractivity (Wildman–Crippen MR) is 80.5 cm³/mol. The molecule has 0 aliphatic heterocycles. The van der Waals surface area contributed by atoms with Gasteiger partial charge >= 0.3 is 0 Å². The number of hydrogen-bond donors (Lipinski definition) is 1. The third-order valence-electron chi connectivity index (χ3n) is 3.42. The minimum absolute atomic E-state index is 0.343. The summed E-state index contributed by atoms with van der Waals surface area (Å²) in [6, 6.07) is 10.3. The highest BCUT2D eigenvalue weighted by atomic mass is 15.1. The Labute approximate surface area is 119 Å².